The van der Waals surface area contributed by atoms with Gasteiger partial charge in [0.1, 0.15) is 5.82 Å². The predicted molar refractivity (Wildman–Crippen MR) is 120 cm³/mol. The lowest BCUT2D eigenvalue weighted by Gasteiger charge is -2.23. The third-order valence-electron chi connectivity index (χ3n) is 6.02. The summed E-state index contributed by atoms with van der Waals surface area (Å²) < 4.78 is 43.2. The molecule has 0 bridgehead atoms. The van der Waals surface area contributed by atoms with Crippen molar-refractivity contribution in [3.8, 4) is 11.4 Å². The van der Waals surface area contributed by atoms with Crippen molar-refractivity contribution < 1.29 is 13.2 Å². The molecule has 0 N–H and O–H groups in total. The van der Waals surface area contributed by atoms with Crippen LogP contribution in [0.4, 0.5) is 19.0 Å². The zero-order valence-electron chi connectivity index (χ0n) is 17.9. The van der Waals surface area contributed by atoms with Crippen LogP contribution in [0.2, 0.25) is 0 Å². The Balaban J connectivity index is 1.30. The molecule has 1 saturated heterocycles. The largest absolute Gasteiger partial charge is 0.417 e. The highest BCUT2D eigenvalue weighted by molar-refractivity contribution is 7.71. The molecule has 0 amide bonds. The molecule has 1 aliphatic heterocycles. The van der Waals surface area contributed by atoms with Gasteiger partial charge in [-0.2, -0.15) is 18.3 Å². The number of nitrogens with zero attached hydrogens (tertiary/aromatic N) is 7. The van der Waals surface area contributed by atoms with Gasteiger partial charge in [0.2, 0.25) is 0 Å². The van der Waals surface area contributed by atoms with Crippen molar-refractivity contribution in [2.45, 2.75) is 38.1 Å². The number of alkyl halides is 3. The number of pyridine rings is 2. The molecule has 4 heterocycles. The van der Waals surface area contributed by atoms with Gasteiger partial charge in [-0.25, -0.2) is 9.67 Å². The van der Waals surface area contributed by atoms with Gasteiger partial charge in [0.15, 0.2) is 10.6 Å². The molecule has 3 aromatic heterocycles. The Labute approximate surface area is 194 Å². The van der Waals surface area contributed by atoms with E-state index in [0.717, 1.165) is 62.5 Å². The molecule has 11 heteroatoms. The molecule has 2 aliphatic rings. The number of halogens is 3. The molecule has 1 saturated carbocycles. The van der Waals surface area contributed by atoms with Crippen molar-refractivity contribution in [1.82, 2.24) is 29.2 Å². The monoisotopic (exact) mass is 475 g/mol. The molecule has 33 heavy (non-hydrogen) atoms. The minimum Gasteiger partial charge on any atom is -0.355 e. The molecule has 174 valence electrons. The topological polar surface area (TPSA) is 55.0 Å². The fourth-order valence-electron chi connectivity index (χ4n) is 4.14. The average Bonchev–Trinajstić information content (AvgIpc) is 3.62. The minimum atomic E-state index is -4.38. The van der Waals surface area contributed by atoms with Gasteiger partial charge in [-0.15, -0.1) is 0 Å². The third kappa shape index (κ3) is 4.79. The van der Waals surface area contributed by atoms with Gasteiger partial charge in [-0.1, -0.05) is 0 Å². The number of rotatable bonds is 5. The molecule has 2 fully saturated rings. The molecule has 0 unspecified atom stereocenters. The maximum atomic E-state index is 12.8. The van der Waals surface area contributed by atoms with Crippen LogP contribution in [0.5, 0.6) is 0 Å². The second-order valence-electron chi connectivity index (χ2n) is 8.45. The first-order valence-electron chi connectivity index (χ1n) is 11.0. The average molecular weight is 476 g/mol. The van der Waals surface area contributed by atoms with Crippen molar-refractivity contribution in [2.75, 3.05) is 31.1 Å². The molecule has 0 atom stereocenters. The summed E-state index contributed by atoms with van der Waals surface area (Å²) >= 11 is 5.78. The number of hydrogen-bond donors (Lipinski definition) is 0. The van der Waals surface area contributed by atoms with E-state index in [0.29, 0.717) is 29.8 Å². The fraction of sp³-hybridized carbons (Fsp3) is 0.455. The Morgan fingerprint density at radius 1 is 1.03 bits per heavy atom. The summed E-state index contributed by atoms with van der Waals surface area (Å²) in [6.07, 6.45) is 3.15. The zero-order valence-corrected chi connectivity index (χ0v) is 18.8. The second kappa shape index (κ2) is 8.86. The van der Waals surface area contributed by atoms with Crippen molar-refractivity contribution in [2.24, 2.45) is 0 Å². The van der Waals surface area contributed by atoms with E-state index in [1.165, 1.54) is 6.07 Å². The third-order valence-corrected chi connectivity index (χ3v) is 6.43. The lowest BCUT2D eigenvalue weighted by Crippen LogP contribution is -2.32. The van der Waals surface area contributed by atoms with E-state index in [1.54, 1.807) is 12.4 Å². The van der Waals surface area contributed by atoms with Gasteiger partial charge in [0.05, 0.1) is 12.2 Å². The van der Waals surface area contributed by atoms with E-state index in [4.69, 9.17) is 17.3 Å². The normalized spacial score (nSPS) is 17.8. The fourth-order valence-corrected chi connectivity index (χ4v) is 4.47. The molecule has 0 aromatic carbocycles. The molecular formula is C22H24F3N7S. The summed E-state index contributed by atoms with van der Waals surface area (Å²) in [6.45, 7) is 3.56. The van der Waals surface area contributed by atoms with Crippen LogP contribution in [0.15, 0.2) is 42.9 Å². The van der Waals surface area contributed by atoms with E-state index in [2.05, 4.69) is 19.4 Å². The van der Waals surface area contributed by atoms with Crippen molar-refractivity contribution in [3.05, 3.63) is 53.2 Å². The summed E-state index contributed by atoms with van der Waals surface area (Å²) in [4.78, 5) is 12.6. The van der Waals surface area contributed by atoms with Gasteiger partial charge >= 0.3 is 6.18 Å². The lowest BCUT2D eigenvalue weighted by molar-refractivity contribution is -0.137. The van der Waals surface area contributed by atoms with E-state index < -0.39 is 11.7 Å². The maximum Gasteiger partial charge on any atom is 0.417 e. The Morgan fingerprint density at radius 2 is 1.88 bits per heavy atom. The summed E-state index contributed by atoms with van der Waals surface area (Å²) in [6, 6.07) is 6.83. The Bertz CT molecular complexity index is 1150. The highest BCUT2D eigenvalue weighted by Crippen LogP contribution is 2.38. The Morgan fingerprint density at radius 3 is 2.55 bits per heavy atom. The first kappa shape index (κ1) is 22.0. The van der Waals surface area contributed by atoms with Crippen molar-refractivity contribution in [3.63, 3.8) is 0 Å². The van der Waals surface area contributed by atoms with E-state index >= 15 is 0 Å². The minimum absolute atomic E-state index is 0.395. The number of aromatic nitrogens is 5. The molecule has 1 aliphatic carbocycles. The molecular weight excluding hydrogens is 451 g/mol. The molecule has 5 rings (SSSR count). The molecule has 0 spiro atoms. The highest BCUT2D eigenvalue weighted by atomic mass is 32.1. The van der Waals surface area contributed by atoms with Crippen molar-refractivity contribution in [1.29, 1.82) is 0 Å². The van der Waals surface area contributed by atoms with E-state index in [1.807, 2.05) is 21.7 Å². The van der Waals surface area contributed by atoms with E-state index in [-0.39, 0.29) is 0 Å². The van der Waals surface area contributed by atoms with Crippen molar-refractivity contribution >= 4 is 18.0 Å². The molecule has 7 nitrogen and oxygen atoms in total. The molecule has 3 aromatic rings. The number of anilines is 1. The van der Waals surface area contributed by atoms with Gasteiger partial charge in [-0.05, 0) is 55.7 Å². The van der Waals surface area contributed by atoms with Crippen LogP contribution in [-0.2, 0) is 12.8 Å². The van der Waals surface area contributed by atoms with Crippen LogP contribution in [0, 0.1) is 4.77 Å². The lowest BCUT2D eigenvalue weighted by atomic mass is 10.2. The van der Waals surface area contributed by atoms with Crippen LogP contribution in [0.1, 0.15) is 30.9 Å². The number of hydrogen-bond acceptors (Lipinski definition) is 6. The maximum absolute atomic E-state index is 12.8. The first-order valence-corrected chi connectivity index (χ1v) is 11.4. The zero-order chi connectivity index (χ0) is 23.0. The Hall–Kier alpha value is -2.79. The van der Waals surface area contributed by atoms with Gasteiger partial charge < -0.3 is 4.90 Å². The van der Waals surface area contributed by atoms with E-state index in [9.17, 15) is 13.2 Å². The highest BCUT2D eigenvalue weighted by Gasteiger charge is 2.31. The first-order chi connectivity index (χ1) is 15.9. The van der Waals surface area contributed by atoms with Gasteiger partial charge in [0.25, 0.3) is 0 Å². The van der Waals surface area contributed by atoms with Crippen LogP contribution in [0.3, 0.4) is 0 Å². The predicted octanol–water partition coefficient (Wildman–Crippen LogP) is 4.39. The van der Waals surface area contributed by atoms with Crippen LogP contribution >= 0.6 is 12.2 Å². The summed E-state index contributed by atoms with van der Waals surface area (Å²) in [5.74, 6) is 1.42. The Kier molecular flexibility index (Phi) is 5.92. The smallest absolute Gasteiger partial charge is 0.355 e. The quantitative estimate of drug-likeness (QED) is 0.510. The van der Waals surface area contributed by atoms with Crippen LogP contribution < -0.4 is 4.90 Å². The SMILES string of the molecule is FC(F)(F)c1ccc(N2CCCN(Cn3nc(-c4cccnc4)n(C4CC4)c3=S)CC2)nc1. The van der Waals surface area contributed by atoms with Gasteiger partial charge in [0, 0.05) is 56.4 Å². The second-order valence-corrected chi connectivity index (χ2v) is 8.82. The summed E-state index contributed by atoms with van der Waals surface area (Å²) in [7, 11) is 0. The standard InChI is InChI=1S/C22H24F3N7S/c23-22(24,25)17-4-7-19(27-14-17)30-10-2-9-29(11-12-30)15-31-21(33)32(18-5-6-18)20(28-31)16-3-1-8-26-13-16/h1,3-4,7-8,13-14,18H,2,5-6,9-12,15H2. The van der Waals surface area contributed by atoms with Gasteiger partial charge in [-0.3, -0.25) is 14.5 Å². The van der Waals surface area contributed by atoms with Crippen LogP contribution in [0.25, 0.3) is 11.4 Å². The van der Waals surface area contributed by atoms with Crippen LogP contribution in [-0.4, -0.2) is 55.4 Å². The summed E-state index contributed by atoms with van der Waals surface area (Å²) in [5, 5.41) is 4.84. The summed E-state index contributed by atoms with van der Waals surface area (Å²) in [5.41, 5.74) is 0.220. The molecule has 0 radical (unpaired) electrons.